The van der Waals surface area contributed by atoms with Crippen LogP contribution in [0.2, 0.25) is 0 Å². The molecule has 0 unspecified atom stereocenters. The maximum Gasteiger partial charge on any atom is 0.268 e. The number of benzene rings is 10. The Kier molecular flexibility index (Phi) is 10.8. The quantitative estimate of drug-likeness (QED) is 0.118. The number of pyridine rings is 1. The summed E-state index contributed by atoms with van der Waals surface area (Å²) in [4.78, 5) is 4.90. The van der Waals surface area contributed by atoms with E-state index in [-0.39, 0.29) is 60.5 Å². The first kappa shape index (κ1) is 43.7. The van der Waals surface area contributed by atoms with Gasteiger partial charge in [0.2, 0.25) is 0 Å². The van der Waals surface area contributed by atoms with Crippen molar-refractivity contribution in [2.24, 2.45) is 0 Å². The summed E-state index contributed by atoms with van der Waals surface area (Å²) in [7, 11) is 0. The first-order valence-electron chi connectivity index (χ1n) is 33.0. The van der Waals surface area contributed by atoms with Gasteiger partial charge < -0.3 is 13.9 Å². The molecule has 3 aromatic heterocycles. The molecule has 0 aliphatic carbocycles. The number of nitrogens with zero attached hydrogens (tertiary/aromatic N) is 4. The number of imidazole rings is 1. The van der Waals surface area contributed by atoms with Crippen LogP contribution in [-0.4, -0.2) is 14.1 Å². The number of para-hydroxylation sites is 2. The Morgan fingerprint density at radius 2 is 1.06 bits per heavy atom. The zero-order valence-electron chi connectivity index (χ0n) is 58.1. The maximum atomic E-state index is 9.57. The number of hydrogen-bond acceptors (Lipinski definition) is 2. The minimum absolute atomic E-state index is 0. The van der Waals surface area contributed by atoms with E-state index in [0.717, 1.165) is 61.0 Å². The van der Waals surface area contributed by atoms with Crippen LogP contribution >= 0.6 is 0 Å². The van der Waals surface area contributed by atoms with Gasteiger partial charge in [-0.25, -0.2) is 4.98 Å². The van der Waals surface area contributed by atoms with Crippen molar-refractivity contribution < 1.29 is 44.1 Å². The molecule has 0 amide bonds. The Labute approximate surface area is 521 Å². The fourth-order valence-corrected chi connectivity index (χ4v) is 11.7. The van der Waals surface area contributed by atoms with Gasteiger partial charge in [0.05, 0.1) is 30.4 Å². The molecule has 13 aromatic rings. The minimum Gasteiger partial charge on any atom is -0.510 e. The molecule has 0 N–H and O–H groups in total. The summed E-state index contributed by atoms with van der Waals surface area (Å²) in [5.74, 6) is 1.58. The fourth-order valence-electron chi connectivity index (χ4n) is 11.7. The molecule has 0 saturated heterocycles. The van der Waals surface area contributed by atoms with Gasteiger partial charge in [0, 0.05) is 44.3 Å². The number of ether oxygens (including phenoxy) is 1. The predicted molar refractivity (Wildman–Crippen MR) is 342 cm³/mol. The molecule has 6 heteroatoms. The summed E-state index contributed by atoms with van der Waals surface area (Å²) in [5.41, 5.74) is 13.0. The third-order valence-electron chi connectivity index (χ3n) is 16.0. The summed E-state index contributed by atoms with van der Waals surface area (Å²) in [5, 5.41) is 2.03. The average Bonchev–Trinajstić information content (AvgIpc) is 1.45. The molecular weight excluding hydrogens is 1200 g/mol. The second kappa shape index (κ2) is 20.8. The second-order valence-electron chi connectivity index (χ2n) is 24.5. The molecule has 84 heavy (non-hydrogen) atoms. The molecule has 0 radical (unpaired) electrons. The van der Waals surface area contributed by atoms with Crippen molar-refractivity contribution in [1.82, 2.24) is 14.1 Å². The zero-order valence-corrected chi connectivity index (χ0v) is 50.4. The largest absolute Gasteiger partial charge is 0.510 e. The van der Waals surface area contributed by atoms with E-state index in [2.05, 4.69) is 140 Å². The van der Waals surface area contributed by atoms with Gasteiger partial charge in [-0.15, -0.1) is 29.7 Å². The summed E-state index contributed by atoms with van der Waals surface area (Å²) >= 11 is 0. The maximum absolute atomic E-state index is 9.57. The van der Waals surface area contributed by atoms with Crippen molar-refractivity contribution in [2.45, 2.75) is 78.6 Å². The number of rotatable bonds is 7. The van der Waals surface area contributed by atoms with E-state index in [1.54, 1.807) is 24.3 Å². The van der Waals surface area contributed by atoms with E-state index < -0.39 is 48.3 Å². The van der Waals surface area contributed by atoms with Gasteiger partial charge in [-0.3, -0.25) is 4.57 Å². The standard InChI is InChI=1S/C78H64N4O.Pt/c1-76(2,3)54-39-40-79-72(46-54)82-69-36-19-18-30-63(69)64-38-37-59(48-70(64)82)83-58-28-20-27-57(47-58)80-49-81-74-61(51-25-14-11-15-26-51)33-22-35-67(74)66-34-21-32-60(50-23-12-10-13-24-50)73(66)65-31-17-16-29-62(65)68-43-53(44-71(80)75(68)81)52-41-55(77(4,5)6)45-56(42-52)78(7,8)9;/h10-46H,1-9H3;/q-2;/i10D,11D,12D,13D,14D,15D,23D,24D,25D,26D;. The monoisotopic (exact) mass is 1280 g/mol. The van der Waals surface area contributed by atoms with Crippen molar-refractivity contribution in [3.8, 4) is 95.5 Å². The Balaban J connectivity index is 0.00000803. The first-order chi connectivity index (χ1) is 44.2. The van der Waals surface area contributed by atoms with Gasteiger partial charge >= 0.3 is 0 Å². The Morgan fingerprint density at radius 1 is 0.464 bits per heavy atom. The number of aromatic nitrogens is 4. The molecule has 4 heterocycles. The Bertz CT molecular complexity index is 5250. The fraction of sp³-hybridized carbons (Fsp3) is 0.154. The second-order valence-corrected chi connectivity index (χ2v) is 24.5. The Morgan fingerprint density at radius 3 is 1.77 bits per heavy atom. The van der Waals surface area contributed by atoms with E-state index in [9.17, 15) is 5.48 Å². The molecule has 5 nitrogen and oxygen atoms in total. The SMILES string of the molecule is [2H]c1c([2H])c([2H])c(-c2cccc3c2-c2ccccc2-c2cc(-c4cc(C(C)(C)C)cc(C(C)(C)C)c4)cc4c2[n+]([c-]n4-c2[c-]c(Oc4[c-]c5c(cc4)c4ccccc4n5-c4cc(C(C)(C)C)ccn4)ccc2)-c2c-3cccc2-c2c([2H])c([2H])c([2H])c([2H])c2[2H])c([2H])c1[2H].[Pt]. The smallest absolute Gasteiger partial charge is 0.268 e. The summed E-state index contributed by atoms with van der Waals surface area (Å²) in [6.07, 6.45) is 5.65. The van der Waals surface area contributed by atoms with Crippen molar-refractivity contribution in [1.29, 1.82) is 0 Å². The molecule has 414 valence electrons. The molecule has 0 spiro atoms. The molecule has 1 aliphatic heterocycles. The van der Waals surface area contributed by atoms with E-state index in [4.69, 9.17) is 17.9 Å². The van der Waals surface area contributed by atoms with E-state index in [1.165, 1.54) is 0 Å². The van der Waals surface area contributed by atoms with Crippen LogP contribution in [0.4, 0.5) is 0 Å². The third kappa shape index (κ3) is 9.49. The van der Waals surface area contributed by atoms with Crippen LogP contribution in [-0.2, 0) is 37.3 Å². The van der Waals surface area contributed by atoms with Crippen LogP contribution < -0.4 is 9.30 Å². The minimum atomic E-state index is -0.537. The van der Waals surface area contributed by atoms with Crippen molar-refractivity contribution >= 4 is 32.8 Å². The van der Waals surface area contributed by atoms with Crippen LogP contribution in [0.1, 0.15) is 92.7 Å². The first-order valence-corrected chi connectivity index (χ1v) is 28.0. The van der Waals surface area contributed by atoms with Gasteiger partial charge in [-0.05, 0) is 135 Å². The topological polar surface area (TPSA) is 35.9 Å². The molecule has 1 aliphatic rings. The van der Waals surface area contributed by atoms with Gasteiger partial charge in [0.25, 0.3) is 6.33 Å². The predicted octanol–water partition coefficient (Wildman–Crippen LogP) is 19.8. The number of hydrogen-bond donors (Lipinski definition) is 0. The van der Waals surface area contributed by atoms with Crippen LogP contribution in [0.5, 0.6) is 11.5 Å². The van der Waals surface area contributed by atoms with Crippen molar-refractivity contribution in [3.63, 3.8) is 0 Å². The van der Waals surface area contributed by atoms with Crippen molar-refractivity contribution in [3.05, 3.63) is 259 Å². The average molecular weight is 1280 g/mol. The van der Waals surface area contributed by atoms with Gasteiger partial charge in [0.15, 0.2) is 0 Å². The summed E-state index contributed by atoms with van der Waals surface area (Å²) in [6.45, 7) is 19.8. The van der Waals surface area contributed by atoms with Gasteiger partial charge in [-0.1, -0.05) is 231 Å². The van der Waals surface area contributed by atoms with Crippen LogP contribution in [0, 0.1) is 18.5 Å². The molecule has 0 bridgehead atoms. The molecule has 0 saturated carbocycles. The normalized spacial score (nSPS) is 13.9. The van der Waals surface area contributed by atoms with E-state index in [1.807, 2.05) is 94.2 Å². The van der Waals surface area contributed by atoms with Crippen LogP contribution in [0.15, 0.2) is 224 Å². The van der Waals surface area contributed by atoms with Crippen LogP contribution in [0.25, 0.3) is 117 Å². The molecule has 0 atom stereocenters. The van der Waals surface area contributed by atoms with Crippen LogP contribution in [0.3, 0.4) is 0 Å². The van der Waals surface area contributed by atoms with Crippen molar-refractivity contribution in [2.75, 3.05) is 0 Å². The number of fused-ring (bicyclic) bond motifs is 10. The Hall–Kier alpha value is -8.89. The molecule has 10 aromatic carbocycles. The van der Waals surface area contributed by atoms with E-state index >= 15 is 0 Å². The summed E-state index contributed by atoms with van der Waals surface area (Å²) < 4.78 is 104. The van der Waals surface area contributed by atoms with Gasteiger partial charge in [-0.2, -0.15) is 18.2 Å². The molecular formula is C78H64N4OPt-2. The third-order valence-corrected chi connectivity index (χ3v) is 16.0. The molecule has 14 rings (SSSR count). The van der Waals surface area contributed by atoms with E-state index in [0.29, 0.717) is 72.9 Å². The van der Waals surface area contributed by atoms with Gasteiger partial charge in [0.1, 0.15) is 5.82 Å². The zero-order chi connectivity index (χ0) is 65.6. The summed E-state index contributed by atoms with van der Waals surface area (Å²) in [6, 6.07) is 54.6. The molecule has 0 fully saturated rings.